The SMILES string of the molecule is Cc1cccc(OC(C)C(=O)NC(C(=O)O)C(C)C)c1. The number of aliphatic carboxylic acids is 1. The average molecular weight is 279 g/mol. The van der Waals surface area contributed by atoms with E-state index in [1.165, 1.54) is 0 Å². The molecule has 5 nitrogen and oxygen atoms in total. The molecule has 1 amide bonds. The monoisotopic (exact) mass is 279 g/mol. The molecule has 0 bridgehead atoms. The summed E-state index contributed by atoms with van der Waals surface area (Å²) in [5.41, 5.74) is 1.03. The van der Waals surface area contributed by atoms with Gasteiger partial charge in [0.15, 0.2) is 6.10 Å². The Balaban J connectivity index is 2.65. The Hall–Kier alpha value is -2.04. The van der Waals surface area contributed by atoms with Gasteiger partial charge in [-0.15, -0.1) is 0 Å². The zero-order valence-corrected chi connectivity index (χ0v) is 12.2. The van der Waals surface area contributed by atoms with Crippen LogP contribution in [0.25, 0.3) is 0 Å². The Morgan fingerprint density at radius 2 is 1.90 bits per heavy atom. The molecule has 2 unspecified atom stereocenters. The Kier molecular flexibility index (Phi) is 5.55. The third kappa shape index (κ3) is 4.57. The highest BCUT2D eigenvalue weighted by Crippen LogP contribution is 2.14. The molecule has 0 saturated heterocycles. The van der Waals surface area contributed by atoms with Crippen molar-refractivity contribution in [1.29, 1.82) is 0 Å². The van der Waals surface area contributed by atoms with Gasteiger partial charge in [0.1, 0.15) is 11.8 Å². The van der Waals surface area contributed by atoms with E-state index in [9.17, 15) is 9.59 Å². The first-order valence-corrected chi connectivity index (χ1v) is 6.57. The average Bonchev–Trinajstić information content (AvgIpc) is 2.34. The fourth-order valence-corrected chi connectivity index (χ4v) is 1.73. The van der Waals surface area contributed by atoms with Gasteiger partial charge in [0, 0.05) is 0 Å². The molecule has 5 heteroatoms. The second kappa shape index (κ2) is 6.93. The summed E-state index contributed by atoms with van der Waals surface area (Å²) in [5, 5.41) is 11.5. The van der Waals surface area contributed by atoms with E-state index < -0.39 is 24.0 Å². The van der Waals surface area contributed by atoms with Crippen molar-refractivity contribution in [2.75, 3.05) is 0 Å². The van der Waals surface area contributed by atoms with Crippen LogP contribution in [0.4, 0.5) is 0 Å². The van der Waals surface area contributed by atoms with Gasteiger partial charge in [0.2, 0.25) is 0 Å². The summed E-state index contributed by atoms with van der Waals surface area (Å²) < 4.78 is 5.51. The van der Waals surface area contributed by atoms with Crippen molar-refractivity contribution >= 4 is 11.9 Å². The van der Waals surface area contributed by atoms with Crippen LogP contribution in [0, 0.1) is 12.8 Å². The minimum Gasteiger partial charge on any atom is -0.481 e. The first kappa shape index (κ1) is 16.0. The van der Waals surface area contributed by atoms with E-state index in [2.05, 4.69) is 5.32 Å². The molecule has 110 valence electrons. The highest BCUT2D eigenvalue weighted by molar-refractivity contribution is 5.86. The fourth-order valence-electron chi connectivity index (χ4n) is 1.73. The van der Waals surface area contributed by atoms with E-state index in [0.717, 1.165) is 5.56 Å². The predicted octanol–water partition coefficient (Wildman–Crippen LogP) is 1.99. The molecule has 0 fully saturated rings. The maximum Gasteiger partial charge on any atom is 0.326 e. The molecule has 0 aliphatic heterocycles. The van der Waals surface area contributed by atoms with E-state index in [1.807, 2.05) is 25.1 Å². The molecule has 0 radical (unpaired) electrons. The maximum atomic E-state index is 12.0. The number of rotatable bonds is 6. The lowest BCUT2D eigenvalue weighted by Crippen LogP contribution is -2.48. The Bertz CT molecular complexity index is 485. The Labute approximate surface area is 118 Å². The summed E-state index contributed by atoms with van der Waals surface area (Å²) in [6.45, 7) is 7.00. The number of hydrogen-bond donors (Lipinski definition) is 2. The predicted molar refractivity (Wildman–Crippen MR) is 75.7 cm³/mol. The molecule has 1 aromatic carbocycles. The summed E-state index contributed by atoms with van der Waals surface area (Å²) in [6.07, 6.45) is -0.752. The molecule has 2 atom stereocenters. The third-order valence-corrected chi connectivity index (χ3v) is 2.90. The molecule has 0 aromatic heterocycles. The number of ether oxygens (including phenoxy) is 1. The molecule has 0 heterocycles. The van der Waals surface area contributed by atoms with Gasteiger partial charge in [-0.1, -0.05) is 26.0 Å². The van der Waals surface area contributed by atoms with Gasteiger partial charge in [0.25, 0.3) is 5.91 Å². The van der Waals surface area contributed by atoms with Gasteiger partial charge >= 0.3 is 5.97 Å². The molecule has 1 aromatic rings. The smallest absolute Gasteiger partial charge is 0.326 e. The maximum absolute atomic E-state index is 12.0. The van der Waals surface area contributed by atoms with E-state index in [4.69, 9.17) is 9.84 Å². The zero-order valence-electron chi connectivity index (χ0n) is 12.2. The van der Waals surface area contributed by atoms with Crippen LogP contribution >= 0.6 is 0 Å². The van der Waals surface area contributed by atoms with Crippen LogP contribution < -0.4 is 10.1 Å². The Morgan fingerprint density at radius 1 is 1.25 bits per heavy atom. The second-order valence-electron chi connectivity index (χ2n) is 5.15. The number of nitrogens with one attached hydrogen (secondary N) is 1. The molecular formula is C15H21NO4. The normalized spacial score (nSPS) is 13.7. The molecule has 20 heavy (non-hydrogen) atoms. The molecule has 2 N–H and O–H groups in total. The summed E-state index contributed by atoms with van der Waals surface area (Å²) in [4.78, 5) is 23.0. The van der Waals surface area contributed by atoms with Crippen LogP contribution in [0.15, 0.2) is 24.3 Å². The number of carbonyl (C=O) groups excluding carboxylic acids is 1. The number of carbonyl (C=O) groups is 2. The minimum atomic E-state index is -1.05. The van der Waals surface area contributed by atoms with Crippen LogP contribution in [0.1, 0.15) is 26.3 Å². The largest absolute Gasteiger partial charge is 0.481 e. The second-order valence-corrected chi connectivity index (χ2v) is 5.15. The molecule has 0 aliphatic carbocycles. The highest BCUT2D eigenvalue weighted by atomic mass is 16.5. The number of hydrogen-bond acceptors (Lipinski definition) is 3. The van der Waals surface area contributed by atoms with Crippen LogP contribution in [0.3, 0.4) is 0 Å². The molecule has 0 aliphatic rings. The molecule has 0 spiro atoms. The van der Waals surface area contributed by atoms with Crippen molar-refractivity contribution < 1.29 is 19.4 Å². The molecule has 0 saturated carbocycles. The van der Waals surface area contributed by atoms with Crippen molar-refractivity contribution in [3.8, 4) is 5.75 Å². The van der Waals surface area contributed by atoms with E-state index in [-0.39, 0.29) is 5.92 Å². The molecule has 1 rings (SSSR count). The van der Waals surface area contributed by atoms with Crippen LogP contribution in [0.5, 0.6) is 5.75 Å². The summed E-state index contributed by atoms with van der Waals surface area (Å²) >= 11 is 0. The van der Waals surface area contributed by atoms with Crippen molar-refractivity contribution in [3.05, 3.63) is 29.8 Å². The van der Waals surface area contributed by atoms with Gasteiger partial charge in [-0.3, -0.25) is 4.79 Å². The first-order chi connectivity index (χ1) is 9.31. The quantitative estimate of drug-likeness (QED) is 0.835. The first-order valence-electron chi connectivity index (χ1n) is 6.57. The van der Waals surface area contributed by atoms with E-state index in [0.29, 0.717) is 5.75 Å². The number of amides is 1. The van der Waals surface area contributed by atoms with E-state index in [1.54, 1.807) is 26.8 Å². The van der Waals surface area contributed by atoms with Crippen LogP contribution in [-0.4, -0.2) is 29.1 Å². The number of benzene rings is 1. The lowest BCUT2D eigenvalue weighted by molar-refractivity contribution is -0.144. The van der Waals surface area contributed by atoms with Gasteiger partial charge in [0.05, 0.1) is 0 Å². The minimum absolute atomic E-state index is 0.192. The van der Waals surface area contributed by atoms with Gasteiger partial charge in [-0.25, -0.2) is 4.79 Å². The highest BCUT2D eigenvalue weighted by Gasteiger charge is 2.26. The fraction of sp³-hybridized carbons (Fsp3) is 0.467. The standard InChI is InChI=1S/C15H21NO4/c1-9(2)13(15(18)19)16-14(17)11(4)20-12-7-5-6-10(3)8-12/h5-9,11,13H,1-4H3,(H,16,17)(H,18,19). The van der Waals surface area contributed by atoms with Crippen molar-refractivity contribution in [2.45, 2.75) is 39.8 Å². The zero-order chi connectivity index (χ0) is 15.3. The van der Waals surface area contributed by atoms with Crippen molar-refractivity contribution in [1.82, 2.24) is 5.32 Å². The molecular weight excluding hydrogens is 258 g/mol. The number of carboxylic acids is 1. The van der Waals surface area contributed by atoms with Crippen molar-refractivity contribution in [3.63, 3.8) is 0 Å². The van der Waals surface area contributed by atoms with Gasteiger partial charge in [-0.05, 0) is 37.5 Å². The number of aryl methyl sites for hydroxylation is 1. The van der Waals surface area contributed by atoms with Crippen molar-refractivity contribution in [2.24, 2.45) is 5.92 Å². The van der Waals surface area contributed by atoms with Gasteiger partial charge in [-0.2, -0.15) is 0 Å². The Morgan fingerprint density at radius 3 is 2.40 bits per heavy atom. The summed E-state index contributed by atoms with van der Waals surface area (Å²) in [5.74, 6) is -1.09. The lowest BCUT2D eigenvalue weighted by atomic mass is 10.0. The topological polar surface area (TPSA) is 75.6 Å². The lowest BCUT2D eigenvalue weighted by Gasteiger charge is -2.21. The third-order valence-electron chi connectivity index (χ3n) is 2.90. The van der Waals surface area contributed by atoms with Crippen LogP contribution in [0.2, 0.25) is 0 Å². The van der Waals surface area contributed by atoms with Gasteiger partial charge < -0.3 is 15.2 Å². The number of carboxylic acid groups (broad SMARTS) is 1. The van der Waals surface area contributed by atoms with E-state index >= 15 is 0 Å². The summed E-state index contributed by atoms with van der Waals surface area (Å²) in [7, 11) is 0. The summed E-state index contributed by atoms with van der Waals surface area (Å²) in [6, 6.07) is 6.43. The van der Waals surface area contributed by atoms with Crippen LogP contribution in [-0.2, 0) is 9.59 Å².